The number of hydrogen-bond donors (Lipinski definition) is 1. The Hall–Kier alpha value is -2.57. The van der Waals surface area contributed by atoms with Gasteiger partial charge in [0.1, 0.15) is 11.6 Å². The Balaban J connectivity index is 1.79. The first-order chi connectivity index (χ1) is 16.9. The minimum absolute atomic E-state index is 0.0310. The highest BCUT2D eigenvalue weighted by Crippen LogP contribution is 2.34. The molecular weight excluding hydrogens is 537 g/mol. The second-order valence-electron chi connectivity index (χ2n) is 7.91. The molecule has 1 N–H and O–H groups in total. The number of carbonyl (C=O) groups is 1. The van der Waals surface area contributed by atoms with Gasteiger partial charge in [0.05, 0.1) is 26.4 Å². The van der Waals surface area contributed by atoms with Crippen LogP contribution < -0.4 is 5.32 Å². The van der Waals surface area contributed by atoms with Crippen molar-refractivity contribution < 1.29 is 26.4 Å². The summed E-state index contributed by atoms with van der Waals surface area (Å²) in [4.78, 5) is 13.0. The van der Waals surface area contributed by atoms with E-state index in [2.05, 4.69) is 15.5 Å². The topological polar surface area (TPSA) is 93.9 Å². The van der Waals surface area contributed by atoms with E-state index in [1.807, 2.05) is 6.92 Å². The van der Waals surface area contributed by atoms with Crippen LogP contribution in [0.1, 0.15) is 37.2 Å². The average molecular weight is 561 g/mol. The number of benzene rings is 2. The molecule has 1 amide bonds. The fraction of sp³-hybridized carbons (Fsp3) is 0.348. The van der Waals surface area contributed by atoms with Crippen molar-refractivity contribution in [2.45, 2.75) is 61.0 Å². The summed E-state index contributed by atoms with van der Waals surface area (Å²) in [6.07, 6.45) is -4.27. The van der Waals surface area contributed by atoms with Crippen LogP contribution in [0.2, 0.25) is 5.02 Å². The predicted octanol–water partition coefficient (Wildman–Crippen LogP) is 5.76. The third kappa shape index (κ3) is 6.60. The summed E-state index contributed by atoms with van der Waals surface area (Å²) in [7, 11) is -3.68. The maximum absolute atomic E-state index is 13.1. The van der Waals surface area contributed by atoms with Crippen LogP contribution in [0.25, 0.3) is 0 Å². The Bertz CT molecular complexity index is 1340. The molecule has 3 aromatic rings. The molecule has 0 saturated carbocycles. The number of nitrogens with one attached hydrogen (secondary N) is 1. The predicted molar refractivity (Wildman–Crippen MR) is 133 cm³/mol. The molecule has 13 heteroatoms. The summed E-state index contributed by atoms with van der Waals surface area (Å²) >= 11 is 7.04. The number of carbonyl (C=O) groups excluding carboxylic acids is 1. The lowest BCUT2D eigenvalue weighted by molar-refractivity contribution is -0.137. The molecule has 7 nitrogen and oxygen atoms in total. The van der Waals surface area contributed by atoms with Crippen molar-refractivity contribution in [2.24, 2.45) is 0 Å². The quantitative estimate of drug-likeness (QED) is 0.334. The summed E-state index contributed by atoms with van der Waals surface area (Å²) in [6, 6.07) is 9.16. The molecule has 1 unspecified atom stereocenters. The van der Waals surface area contributed by atoms with Gasteiger partial charge in [-0.05, 0) is 50.6 Å². The molecule has 0 aliphatic rings. The fourth-order valence-electron chi connectivity index (χ4n) is 3.29. The third-order valence-electron chi connectivity index (χ3n) is 5.27. The van der Waals surface area contributed by atoms with Crippen molar-refractivity contribution >= 4 is 44.8 Å². The van der Waals surface area contributed by atoms with Crippen LogP contribution in [0.15, 0.2) is 52.5 Å². The normalized spacial score (nSPS) is 13.0. The molecule has 2 aromatic carbocycles. The molecule has 0 aliphatic heterocycles. The van der Waals surface area contributed by atoms with Crippen molar-refractivity contribution in [3.05, 3.63) is 64.4 Å². The lowest BCUT2D eigenvalue weighted by Crippen LogP contribution is -2.25. The van der Waals surface area contributed by atoms with E-state index in [9.17, 15) is 26.4 Å². The first-order valence-electron chi connectivity index (χ1n) is 10.9. The average Bonchev–Trinajstić information content (AvgIpc) is 3.18. The Kier molecular flexibility index (Phi) is 8.73. The van der Waals surface area contributed by atoms with Gasteiger partial charge < -0.3 is 9.88 Å². The number of anilines is 1. The Morgan fingerprint density at radius 2 is 1.81 bits per heavy atom. The molecule has 0 spiro atoms. The number of aromatic nitrogens is 3. The Labute approximate surface area is 216 Å². The van der Waals surface area contributed by atoms with Gasteiger partial charge in [-0.2, -0.15) is 13.2 Å². The lowest BCUT2D eigenvalue weighted by atomic mass is 10.2. The summed E-state index contributed by atoms with van der Waals surface area (Å²) in [5, 5.41) is 10.1. The SMILES string of the molecule is CCC(Sc1nnc(CS(=O)(=O)c2ccc(C)cc2)n1CC)C(=O)Nc1cc(C(F)(F)F)ccc1Cl. The second-order valence-corrected chi connectivity index (χ2v) is 11.5. The zero-order valence-corrected chi connectivity index (χ0v) is 22.0. The molecular formula is C23H24ClF3N4O3S2. The molecule has 0 radical (unpaired) electrons. The highest BCUT2D eigenvalue weighted by atomic mass is 35.5. The van der Waals surface area contributed by atoms with Crippen molar-refractivity contribution in [3.63, 3.8) is 0 Å². The summed E-state index contributed by atoms with van der Waals surface area (Å²) in [5.41, 5.74) is -0.162. The summed E-state index contributed by atoms with van der Waals surface area (Å²) < 4.78 is 66.5. The van der Waals surface area contributed by atoms with E-state index in [0.717, 1.165) is 35.5 Å². The van der Waals surface area contributed by atoms with E-state index >= 15 is 0 Å². The molecule has 194 valence electrons. The van der Waals surface area contributed by atoms with Crippen molar-refractivity contribution in [1.82, 2.24) is 14.8 Å². The van der Waals surface area contributed by atoms with Crippen molar-refractivity contribution in [3.8, 4) is 0 Å². The standard InChI is InChI=1S/C23H24ClF3N4O3S2/c1-4-19(21(32)28-18-12-15(23(25,26)27)8-11-17(18)24)35-22-30-29-20(31(22)5-2)13-36(33,34)16-9-6-14(3)7-10-16/h6-12,19H,4-5,13H2,1-3H3,(H,28,32). The van der Waals surface area contributed by atoms with E-state index in [0.29, 0.717) is 18.1 Å². The van der Waals surface area contributed by atoms with Crippen LogP contribution in [-0.2, 0) is 33.1 Å². The van der Waals surface area contributed by atoms with Gasteiger partial charge in [-0.25, -0.2) is 8.42 Å². The Morgan fingerprint density at radius 1 is 1.14 bits per heavy atom. The van der Waals surface area contributed by atoms with E-state index in [1.54, 1.807) is 30.5 Å². The van der Waals surface area contributed by atoms with Crippen molar-refractivity contribution in [1.29, 1.82) is 0 Å². The van der Waals surface area contributed by atoms with Crippen LogP contribution in [0, 0.1) is 6.92 Å². The Morgan fingerprint density at radius 3 is 2.39 bits per heavy atom. The molecule has 1 aromatic heterocycles. The van der Waals surface area contributed by atoms with E-state index in [-0.39, 0.29) is 27.2 Å². The number of thioether (sulfide) groups is 1. The highest BCUT2D eigenvalue weighted by molar-refractivity contribution is 8.00. The number of hydrogen-bond acceptors (Lipinski definition) is 6. The molecule has 0 aliphatic carbocycles. The number of alkyl halides is 3. The molecule has 0 saturated heterocycles. The summed E-state index contributed by atoms with van der Waals surface area (Å²) in [5.74, 6) is -0.722. The van der Waals surface area contributed by atoms with Crippen LogP contribution in [0.3, 0.4) is 0 Å². The second kappa shape index (κ2) is 11.2. The van der Waals surface area contributed by atoms with E-state index in [1.165, 1.54) is 12.1 Å². The molecule has 0 fully saturated rings. The zero-order valence-electron chi connectivity index (χ0n) is 19.6. The van der Waals surface area contributed by atoms with Gasteiger partial charge in [-0.3, -0.25) is 4.79 Å². The monoisotopic (exact) mass is 560 g/mol. The maximum Gasteiger partial charge on any atom is 0.416 e. The van der Waals surface area contributed by atoms with Gasteiger partial charge in [-0.1, -0.05) is 48.0 Å². The largest absolute Gasteiger partial charge is 0.416 e. The molecule has 3 rings (SSSR count). The van der Waals surface area contributed by atoms with Crippen LogP contribution in [0.4, 0.5) is 18.9 Å². The number of halogens is 4. The first kappa shape index (κ1) is 28.0. The van der Waals surface area contributed by atoms with Gasteiger partial charge in [0.15, 0.2) is 15.0 Å². The van der Waals surface area contributed by atoms with Gasteiger partial charge in [0.2, 0.25) is 5.91 Å². The number of rotatable bonds is 9. The number of nitrogens with zero attached hydrogens (tertiary/aromatic N) is 3. The smallest absolute Gasteiger partial charge is 0.324 e. The highest BCUT2D eigenvalue weighted by Gasteiger charge is 2.32. The third-order valence-corrected chi connectivity index (χ3v) is 8.57. The van der Waals surface area contributed by atoms with Gasteiger partial charge in [0.25, 0.3) is 0 Å². The van der Waals surface area contributed by atoms with Gasteiger partial charge in [0, 0.05) is 6.54 Å². The molecule has 1 atom stereocenters. The lowest BCUT2D eigenvalue weighted by Gasteiger charge is -2.17. The number of amides is 1. The summed E-state index contributed by atoms with van der Waals surface area (Å²) in [6.45, 7) is 5.74. The van der Waals surface area contributed by atoms with Gasteiger partial charge in [-0.15, -0.1) is 10.2 Å². The number of sulfone groups is 1. The van der Waals surface area contributed by atoms with Crippen LogP contribution >= 0.6 is 23.4 Å². The minimum atomic E-state index is -4.59. The first-order valence-corrected chi connectivity index (χ1v) is 13.8. The molecule has 0 bridgehead atoms. The minimum Gasteiger partial charge on any atom is -0.324 e. The fourth-order valence-corrected chi connectivity index (χ4v) is 5.76. The van der Waals surface area contributed by atoms with Crippen LogP contribution in [-0.4, -0.2) is 34.3 Å². The van der Waals surface area contributed by atoms with E-state index < -0.39 is 32.7 Å². The molecule has 36 heavy (non-hydrogen) atoms. The molecule has 1 heterocycles. The van der Waals surface area contributed by atoms with Crippen LogP contribution in [0.5, 0.6) is 0 Å². The maximum atomic E-state index is 13.1. The number of aryl methyl sites for hydroxylation is 1. The zero-order chi connectivity index (χ0) is 26.7. The van der Waals surface area contributed by atoms with Crippen molar-refractivity contribution in [2.75, 3.05) is 5.32 Å². The van der Waals surface area contributed by atoms with Gasteiger partial charge >= 0.3 is 6.18 Å². The van der Waals surface area contributed by atoms with E-state index in [4.69, 9.17) is 11.6 Å².